The Hall–Kier alpha value is -2.16. The summed E-state index contributed by atoms with van der Waals surface area (Å²) in [6, 6.07) is 11.1. The average molecular weight is 480 g/mol. The number of carbonyl (C=O) groups excluding carboxylic acids is 2. The Morgan fingerprint density at radius 2 is 1.70 bits per heavy atom. The van der Waals surface area contributed by atoms with Crippen molar-refractivity contribution in [2.75, 3.05) is 47.1 Å². The number of halogens is 1. The first-order valence-electron chi connectivity index (χ1n) is 9.87. The molecule has 2 rings (SSSR count). The van der Waals surface area contributed by atoms with Gasteiger partial charge in [-0.1, -0.05) is 15.9 Å². The highest BCUT2D eigenvalue weighted by atomic mass is 79.9. The van der Waals surface area contributed by atoms with Gasteiger partial charge in [0.05, 0.1) is 13.2 Å². The molecular weight excluding hydrogens is 450 g/mol. The van der Waals surface area contributed by atoms with Gasteiger partial charge in [0.2, 0.25) is 5.91 Å². The van der Waals surface area contributed by atoms with Crippen LogP contribution in [0.2, 0.25) is 0 Å². The maximum Gasteiger partial charge on any atom is 0.254 e. The third-order valence-corrected chi connectivity index (χ3v) is 5.33. The number of hydrogen-bond donors (Lipinski definition) is 0. The van der Waals surface area contributed by atoms with Crippen LogP contribution in [0.15, 0.2) is 47.1 Å². The van der Waals surface area contributed by atoms with Gasteiger partial charge < -0.3 is 23.8 Å². The summed E-state index contributed by atoms with van der Waals surface area (Å²) >= 11 is 3.38. The van der Waals surface area contributed by atoms with Crippen LogP contribution in [0.3, 0.4) is 0 Å². The number of carbonyl (C=O) groups is 2. The van der Waals surface area contributed by atoms with E-state index in [4.69, 9.17) is 9.47 Å². The topological polar surface area (TPSA) is 64.0 Å². The fraction of sp³-hybridized carbons (Fsp3) is 0.455. The number of benzene rings is 1. The first kappa shape index (κ1) is 24.1. The number of rotatable bonds is 12. The number of ether oxygens (including phenoxy) is 2. The van der Waals surface area contributed by atoms with Crippen molar-refractivity contribution >= 4 is 27.7 Å². The minimum Gasteiger partial charge on any atom is -0.385 e. The van der Waals surface area contributed by atoms with Crippen LogP contribution in [0.4, 0.5) is 0 Å². The van der Waals surface area contributed by atoms with E-state index in [0.29, 0.717) is 44.8 Å². The monoisotopic (exact) mass is 479 g/mol. The van der Waals surface area contributed by atoms with Gasteiger partial charge in [-0.3, -0.25) is 9.59 Å². The van der Waals surface area contributed by atoms with Crippen LogP contribution in [0.1, 0.15) is 22.5 Å². The van der Waals surface area contributed by atoms with Crippen molar-refractivity contribution in [2.24, 2.45) is 7.05 Å². The minimum atomic E-state index is -0.169. The van der Waals surface area contributed by atoms with Gasteiger partial charge in [0.1, 0.15) is 6.54 Å². The second kappa shape index (κ2) is 12.5. The summed E-state index contributed by atoms with van der Waals surface area (Å²) in [5, 5.41) is 0. The molecule has 2 amide bonds. The van der Waals surface area contributed by atoms with Crippen LogP contribution in [-0.4, -0.2) is 73.2 Å². The maximum atomic E-state index is 13.1. The van der Waals surface area contributed by atoms with Crippen molar-refractivity contribution in [3.8, 4) is 0 Å². The number of hydrogen-bond acceptors (Lipinski definition) is 4. The standard InChI is InChI=1S/C22H30BrN3O4/c1-24-11-4-6-20(24)16-25(13-15-30-3)21(27)17-26(12-5-14-29-2)22(28)18-7-9-19(23)10-8-18/h4,6-11H,5,12-17H2,1-3H3. The summed E-state index contributed by atoms with van der Waals surface area (Å²) < 4.78 is 13.2. The predicted octanol–water partition coefficient (Wildman–Crippen LogP) is 2.94. The van der Waals surface area contributed by atoms with Gasteiger partial charge in [-0.05, 0) is 42.8 Å². The molecule has 0 bridgehead atoms. The molecule has 1 aromatic carbocycles. The molecule has 2 aromatic rings. The second-order valence-electron chi connectivity index (χ2n) is 7.00. The third kappa shape index (κ3) is 7.27. The molecule has 0 atom stereocenters. The van der Waals surface area contributed by atoms with Gasteiger partial charge in [-0.2, -0.15) is 0 Å². The summed E-state index contributed by atoms with van der Waals surface area (Å²) in [6.45, 7) is 2.32. The normalized spacial score (nSPS) is 10.8. The van der Waals surface area contributed by atoms with Crippen LogP contribution in [0, 0.1) is 0 Å². The van der Waals surface area contributed by atoms with E-state index in [-0.39, 0.29) is 18.4 Å². The number of aromatic nitrogens is 1. The lowest BCUT2D eigenvalue weighted by atomic mass is 10.2. The zero-order valence-electron chi connectivity index (χ0n) is 17.8. The first-order valence-corrected chi connectivity index (χ1v) is 10.7. The van der Waals surface area contributed by atoms with Crippen molar-refractivity contribution in [3.63, 3.8) is 0 Å². The van der Waals surface area contributed by atoms with E-state index in [1.165, 1.54) is 0 Å². The van der Waals surface area contributed by atoms with Crippen LogP contribution in [0.25, 0.3) is 0 Å². The quantitative estimate of drug-likeness (QED) is 0.439. The van der Waals surface area contributed by atoms with Gasteiger partial charge in [0.15, 0.2) is 0 Å². The molecule has 0 radical (unpaired) electrons. The summed E-state index contributed by atoms with van der Waals surface area (Å²) in [7, 11) is 5.18. The van der Waals surface area contributed by atoms with Crippen LogP contribution in [-0.2, 0) is 27.9 Å². The van der Waals surface area contributed by atoms with Crippen molar-refractivity contribution in [1.82, 2.24) is 14.4 Å². The number of amides is 2. The average Bonchev–Trinajstić information content (AvgIpc) is 3.14. The summed E-state index contributed by atoms with van der Waals surface area (Å²) in [5.41, 5.74) is 1.57. The summed E-state index contributed by atoms with van der Waals surface area (Å²) in [6.07, 6.45) is 2.60. The van der Waals surface area contributed by atoms with Crippen molar-refractivity contribution in [3.05, 3.63) is 58.3 Å². The second-order valence-corrected chi connectivity index (χ2v) is 7.91. The molecule has 0 N–H and O–H groups in total. The van der Waals surface area contributed by atoms with Crippen LogP contribution >= 0.6 is 15.9 Å². The van der Waals surface area contributed by atoms with Crippen molar-refractivity contribution < 1.29 is 19.1 Å². The highest BCUT2D eigenvalue weighted by molar-refractivity contribution is 9.10. The lowest BCUT2D eigenvalue weighted by Gasteiger charge is -2.28. The Morgan fingerprint density at radius 3 is 2.30 bits per heavy atom. The van der Waals surface area contributed by atoms with Crippen molar-refractivity contribution in [1.29, 1.82) is 0 Å². The molecule has 1 aromatic heterocycles. The molecule has 0 aliphatic rings. The van der Waals surface area contributed by atoms with E-state index in [1.54, 1.807) is 36.2 Å². The predicted molar refractivity (Wildman–Crippen MR) is 119 cm³/mol. The Labute approximate surface area is 186 Å². The van der Waals surface area contributed by atoms with Crippen LogP contribution in [0.5, 0.6) is 0 Å². The molecule has 0 fully saturated rings. The summed E-state index contributed by atoms with van der Waals surface area (Å²) in [4.78, 5) is 29.5. The summed E-state index contributed by atoms with van der Waals surface area (Å²) in [5.74, 6) is -0.284. The highest BCUT2D eigenvalue weighted by Gasteiger charge is 2.23. The molecule has 0 aliphatic heterocycles. The molecular formula is C22H30BrN3O4. The molecule has 0 aliphatic carbocycles. The maximum absolute atomic E-state index is 13.1. The minimum absolute atomic E-state index is 0.00670. The van der Waals surface area contributed by atoms with E-state index in [1.807, 2.05) is 42.1 Å². The van der Waals surface area contributed by atoms with Crippen molar-refractivity contribution in [2.45, 2.75) is 13.0 Å². The van der Waals surface area contributed by atoms with E-state index >= 15 is 0 Å². The molecule has 164 valence electrons. The molecule has 0 saturated carbocycles. The number of aryl methyl sites for hydroxylation is 1. The van der Waals surface area contributed by atoms with Gasteiger partial charge in [-0.15, -0.1) is 0 Å². The third-order valence-electron chi connectivity index (χ3n) is 4.80. The molecule has 30 heavy (non-hydrogen) atoms. The molecule has 0 saturated heterocycles. The first-order chi connectivity index (χ1) is 14.5. The van der Waals surface area contributed by atoms with Gasteiger partial charge in [0.25, 0.3) is 5.91 Å². The Balaban J connectivity index is 2.14. The molecule has 1 heterocycles. The fourth-order valence-electron chi connectivity index (χ4n) is 3.04. The van der Waals surface area contributed by atoms with Crippen LogP contribution < -0.4 is 0 Å². The van der Waals surface area contributed by atoms with Gasteiger partial charge >= 0.3 is 0 Å². The lowest BCUT2D eigenvalue weighted by Crippen LogP contribution is -2.44. The SMILES string of the molecule is COCCCN(CC(=O)N(CCOC)Cc1cccn1C)C(=O)c1ccc(Br)cc1. The zero-order chi connectivity index (χ0) is 21.9. The fourth-order valence-corrected chi connectivity index (χ4v) is 3.30. The van der Waals surface area contributed by atoms with E-state index in [2.05, 4.69) is 15.9 Å². The molecule has 8 heteroatoms. The molecule has 0 unspecified atom stereocenters. The lowest BCUT2D eigenvalue weighted by molar-refractivity contribution is -0.133. The Kier molecular flexibility index (Phi) is 10.1. The van der Waals surface area contributed by atoms with E-state index in [9.17, 15) is 9.59 Å². The van der Waals surface area contributed by atoms with E-state index in [0.717, 1.165) is 10.2 Å². The Bertz CT molecular complexity index is 807. The Morgan fingerprint density at radius 1 is 1.00 bits per heavy atom. The smallest absolute Gasteiger partial charge is 0.254 e. The number of nitrogens with zero attached hydrogens (tertiary/aromatic N) is 3. The largest absolute Gasteiger partial charge is 0.385 e. The highest BCUT2D eigenvalue weighted by Crippen LogP contribution is 2.14. The zero-order valence-corrected chi connectivity index (χ0v) is 19.4. The number of methoxy groups -OCH3 is 2. The van der Waals surface area contributed by atoms with Gasteiger partial charge in [0, 0.05) is 62.9 Å². The van der Waals surface area contributed by atoms with Gasteiger partial charge in [-0.25, -0.2) is 0 Å². The molecule has 0 spiro atoms. The van der Waals surface area contributed by atoms with E-state index < -0.39 is 0 Å². The molecule has 7 nitrogen and oxygen atoms in total.